The Morgan fingerprint density at radius 3 is 2.50 bits per heavy atom. The van der Waals surface area contributed by atoms with Crippen LogP contribution in [0.5, 0.6) is 0 Å². The summed E-state index contributed by atoms with van der Waals surface area (Å²) in [7, 11) is -3.49. The number of nitrogens with zero attached hydrogens (tertiary/aromatic N) is 1. The van der Waals surface area contributed by atoms with Crippen LogP contribution in [0.2, 0.25) is 0 Å². The molecule has 1 amide bonds. The first-order chi connectivity index (χ1) is 13.3. The fraction of sp³-hybridized carbons (Fsp3) is 0.286. The van der Waals surface area contributed by atoms with E-state index in [0.29, 0.717) is 25.9 Å². The van der Waals surface area contributed by atoms with Crippen molar-refractivity contribution in [1.82, 2.24) is 4.31 Å². The van der Waals surface area contributed by atoms with E-state index in [0.717, 1.165) is 21.3 Å². The van der Waals surface area contributed by atoms with Gasteiger partial charge in [-0.25, -0.2) is 8.42 Å². The number of hydrogen-bond donors (Lipinski definition) is 1. The van der Waals surface area contributed by atoms with Gasteiger partial charge in [-0.3, -0.25) is 4.79 Å². The molecular weight excluding hydrogens is 440 g/mol. The van der Waals surface area contributed by atoms with Gasteiger partial charge >= 0.3 is 0 Å². The minimum Gasteiger partial charge on any atom is -0.326 e. The molecule has 0 spiro atoms. The molecule has 0 saturated carbocycles. The number of aryl methyl sites for hydroxylation is 1. The average molecular weight is 463 g/mol. The lowest BCUT2D eigenvalue weighted by Crippen LogP contribution is -2.40. The number of nitrogens with one attached hydrogen (secondary N) is 1. The van der Waals surface area contributed by atoms with Crippen LogP contribution in [0.25, 0.3) is 6.08 Å². The second-order valence-corrected chi connectivity index (χ2v) is 9.61. The van der Waals surface area contributed by atoms with Crippen molar-refractivity contribution in [1.29, 1.82) is 0 Å². The van der Waals surface area contributed by atoms with Crippen molar-refractivity contribution >= 4 is 43.6 Å². The third-order valence-electron chi connectivity index (χ3n) is 4.87. The third kappa shape index (κ3) is 5.31. The van der Waals surface area contributed by atoms with E-state index in [1.807, 2.05) is 55.5 Å². The molecule has 5 nitrogen and oxygen atoms in total. The summed E-state index contributed by atoms with van der Waals surface area (Å²) in [5, 5.41) is 4.21. The van der Waals surface area contributed by atoms with E-state index in [1.54, 1.807) is 6.08 Å². The van der Waals surface area contributed by atoms with E-state index in [1.165, 1.54) is 9.71 Å². The Kier molecular flexibility index (Phi) is 6.69. The molecule has 0 aliphatic carbocycles. The van der Waals surface area contributed by atoms with E-state index in [9.17, 15) is 13.2 Å². The maximum Gasteiger partial charge on any atom is 0.236 e. The Morgan fingerprint density at radius 1 is 1.14 bits per heavy atom. The first-order valence-electron chi connectivity index (χ1n) is 9.15. The lowest BCUT2D eigenvalue weighted by Gasteiger charge is -2.29. The fourth-order valence-electron chi connectivity index (χ4n) is 3.15. The minimum atomic E-state index is -3.49. The van der Waals surface area contributed by atoms with E-state index in [2.05, 4.69) is 21.2 Å². The molecule has 1 N–H and O–H groups in total. The number of piperidine rings is 1. The monoisotopic (exact) mass is 462 g/mol. The fourth-order valence-corrected chi connectivity index (χ4v) is 4.73. The number of hydrogen-bond acceptors (Lipinski definition) is 3. The molecule has 148 valence electrons. The predicted octanol–water partition coefficient (Wildman–Crippen LogP) is 4.41. The summed E-state index contributed by atoms with van der Waals surface area (Å²) in [4.78, 5) is 12.6. The first-order valence-corrected chi connectivity index (χ1v) is 11.4. The van der Waals surface area contributed by atoms with Gasteiger partial charge in [0.2, 0.25) is 15.9 Å². The normalized spacial score (nSPS) is 16.4. The molecule has 0 unspecified atom stereocenters. The Balaban J connectivity index is 1.58. The van der Waals surface area contributed by atoms with Crippen LogP contribution in [-0.4, -0.2) is 31.7 Å². The molecule has 3 rings (SSSR count). The molecule has 1 saturated heterocycles. The molecule has 0 radical (unpaired) electrons. The largest absolute Gasteiger partial charge is 0.326 e. The van der Waals surface area contributed by atoms with Gasteiger partial charge in [-0.15, -0.1) is 0 Å². The number of halogens is 1. The molecule has 1 heterocycles. The summed E-state index contributed by atoms with van der Waals surface area (Å²) in [6, 6.07) is 15.1. The van der Waals surface area contributed by atoms with Gasteiger partial charge in [0.05, 0.1) is 0 Å². The molecule has 7 heteroatoms. The van der Waals surface area contributed by atoms with Gasteiger partial charge in [0, 0.05) is 34.6 Å². The molecule has 0 aromatic heterocycles. The van der Waals surface area contributed by atoms with Crippen LogP contribution >= 0.6 is 15.9 Å². The van der Waals surface area contributed by atoms with Gasteiger partial charge < -0.3 is 5.32 Å². The van der Waals surface area contributed by atoms with E-state index >= 15 is 0 Å². The summed E-state index contributed by atoms with van der Waals surface area (Å²) < 4.78 is 27.4. The third-order valence-corrected chi connectivity index (χ3v) is 6.93. The standard InChI is InChI=1S/C21H23BrN2O3S/c1-16-7-8-19(22)15-20(16)23-21(25)18-9-12-24(13-10-18)28(26,27)14-11-17-5-3-2-4-6-17/h2-8,11,14-15,18H,9-10,12-13H2,1H3,(H,23,25)/b14-11+. The molecule has 28 heavy (non-hydrogen) atoms. The van der Waals surface area contributed by atoms with Crippen LogP contribution in [0.4, 0.5) is 5.69 Å². The van der Waals surface area contributed by atoms with E-state index in [-0.39, 0.29) is 11.8 Å². The summed E-state index contributed by atoms with van der Waals surface area (Å²) in [6.07, 6.45) is 2.62. The first kappa shape index (κ1) is 20.8. The van der Waals surface area contributed by atoms with Crippen LogP contribution in [0, 0.1) is 12.8 Å². The summed E-state index contributed by atoms with van der Waals surface area (Å²) >= 11 is 3.41. The van der Waals surface area contributed by atoms with Crippen molar-refractivity contribution in [2.24, 2.45) is 5.92 Å². The number of amides is 1. The number of rotatable bonds is 5. The lowest BCUT2D eigenvalue weighted by molar-refractivity contribution is -0.120. The smallest absolute Gasteiger partial charge is 0.236 e. The second kappa shape index (κ2) is 9.03. The van der Waals surface area contributed by atoms with Gasteiger partial charge in [-0.2, -0.15) is 4.31 Å². The summed E-state index contributed by atoms with van der Waals surface area (Å²) in [6.45, 7) is 2.63. The maximum atomic E-state index is 12.6. The van der Waals surface area contributed by atoms with Crippen molar-refractivity contribution < 1.29 is 13.2 Å². The molecule has 1 aliphatic heterocycles. The predicted molar refractivity (Wildman–Crippen MR) is 116 cm³/mol. The van der Waals surface area contributed by atoms with Crippen LogP contribution in [0.15, 0.2) is 58.4 Å². The molecule has 1 aliphatic rings. The van der Waals surface area contributed by atoms with Gasteiger partial charge in [0.15, 0.2) is 0 Å². The highest BCUT2D eigenvalue weighted by Crippen LogP contribution is 2.25. The summed E-state index contributed by atoms with van der Waals surface area (Å²) in [5.41, 5.74) is 2.60. The van der Waals surface area contributed by atoms with Crippen molar-refractivity contribution in [3.8, 4) is 0 Å². The van der Waals surface area contributed by atoms with Gasteiger partial charge in [-0.1, -0.05) is 52.3 Å². The van der Waals surface area contributed by atoms with Crippen molar-refractivity contribution in [3.63, 3.8) is 0 Å². The molecule has 2 aromatic carbocycles. The van der Waals surface area contributed by atoms with Gasteiger partial charge in [-0.05, 0) is 49.1 Å². The highest BCUT2D eigenvalue weighted by Gasteiger charge is 2.30. The Hall–Kier alpha value is -1.96. The van der Waals surface area contributed by atoms with E-state index in [4.69, 9.17) is 0 Å². The zero-order valence-electron chi connectivity index (χ0n) is 15.6. The quantitative estimate of drug-likeness (QED) is 0.715. The van der Waals surface area contributed by atoms with Crippen LogP contribution in [0.1, 0.15) is 24.0 Å². The SMILES string of the molecule is Cc1ccc(Br)cc1NC(=O)C1CCN(S(=O)(=O)/C=C/c2ccccc2)CC1. The van der Waals surface area contributed by atoms with Crippen LogP contribution in [-0.2, 0) is 14.8 Å². The second-order valence-electron chi connectivity index (χ2n) is 6.88. The zero-order valence-corrected chi connectivity index (χ0v) is 18.0. The van der Waals surface area contributed by atoms with Crippen LogP contribution < -0.4 is 5.32 Å². The minimum absolute atomic E-state index is 0.0573. The van der Waals surface area contributed by atoms with Gasteiger partial charge in [0.25, 0.3) is 0 Å². The molecule has 2 aromatic rings. The highest BCUT2D eigenvalue weighted by atomic mass is 79.9. The molecule has 0 bridgehead atoms. The molecule has 0 atom stereocenters. The average Bonchev–Trinajstić information content (AvgIpc) is 2.70. The number of benzene rings is 2. The summed E-state index contributed by atoms with van der Waals surface area (Å²) in [5.74, 6) is -0.249. The van der Waals surface area contributed by atoms with Gasteiger partial charge in [0.1, 0.15) is 0 Å². The Labute approximate surface area is 174 Å². The van der Waals surface area contributed by atoms with E-state index < -0.39 is 10.0 Å². The highest BCUT2D eigenvalue weighted by molar-refractivity contribution is 9.10. The van der Waals surface area contributed by atoms with Crippen LogP contribution in [0.3, 0.4) is 0 Å². The maximum absolute atomic E-state index is 12.6. The number of carbonyl (C=O) groups excluding carboxylic acids is 1. The van der Waals surface area contributed by atoms with Crippen molar-refractivity contribution in [2.45, 2.75) is 19.8 Å². The number of carbonyl (C=O) groups is 1. The number of sulfonamides is 1. The zero-order chi connectivity index (χ0) is 20.1. The molecule has 1 fully saturated rings. The number of anilines is 1. The van der Waals surface area contributed by atoms with Crippen molar-refractivity contribution in [2.75, 3.05) is 18.4 Å². The Morgan fingerprint density at radius 2 is 1.82 bits per heavy atom. The topological polar surface area (TPSA) is 66.5 Å². The lowest BCUT2D eigenvalue weighted by atomic mass is 9.97. The molecular formula is C21H23BrN2O3S. The Bertz CT molecular complexity index is 966. The van der Waals surface area contributed by atoms with Crippen molar-refractivity contribution in [3.05, 3.63) is 69.5 Å².